The lowest BCUT2D eigenvalue weighted by molar-refractivity contribution is 0.0818. The summed E-state index contributed by atoms with van der Waals surface area (Å²) in [6.45, 7) is 1.02. The number of carbonyl (C=O) groups is 1. The molecule has 0 aliphatic rings. The monoisotopic (exact) mass is 341 g/mol. The summed E-state index contributed by atoms with van der Waals surface area (Å²) < 4.78 is 2.00. The summed E-state index contributed by atoms with van der Waals surface area (Å²) in [7, 11) is 3.52. The molecule has 1 amide bonds. The van der Waals surface area contributed by atoms with Crippen molar-refractivity contribution in [1.29, 1.82) is 0 Å². The number of hydrogen-bond donors (Lipinski definition) is 1. The summed E-state index contributed by atoms with van der Waals surface area (Å²) in [5.41, 5.74) is 9.31. The van der Waals surface area contributed by atoms with Crippen LogP contribution < -0.4 is 5.73 Å². The van der Waals surface area contributed by atoms with Crippen molar-refractivity contribution in [3.8, 4) is 11.1 Å². The maximum absolute atomic E-state index is 12.9. The number of hydrogen-bond acceptors (Lipinski definition) is 2. The number of fused-ring (bicyclic) bond motifs is 1. The summed E-state index contributed by atoms with van der Waals surface area (Å²) in [6, 6.07) is 15.6. The zero-order valence-electron chi connectivity index (χ0n) is 13.8. The number of aromatic nitrogens is 1. The Morgan fingerprint density at radius 2 is 1.88 bits per heavy atom. The molecule has 3 aromatic rings. The van der Waals surface area contributed by atoms with E-state index in [-0.39, 0.29) is 5.91 Å². The van der Waals surface area contributed by atoms with Crippen molar-refractivity contribution in [2.75, 3.05) is 20.6 Å². The maximum atomic E-state index is 12.9. The van der Waals surface area contributed by atoms with Gasteiger partial charge in [-0.05, 0) is 23.8 Å². The van der Waals surface area contributed by atoms with Gasteiger partial charge < -0.3 is 15.2 Å². The molecule has 0 saturated carbocycles. The minimum atomic E-state index is -0.0466. The summed E-state index contributed by atoms with van der Waals surface area (Å²) in [6.07, 6.45) is 0. The molecule has 24 heavy (non-hydrogen) atoms. The van der Waals surface area contributed by atoms with Crippen LogP contribution in [0.2, 0.25) is 5.02 Å². The number of carbonyl (C=O) groups excluding carboxylic acids is 1. The second kappa shape index (κ2) is 6.67. The van der Waals surface area contributed by atoms with E-state index in [4.69, 9.17) is 17.3 Å². The first-order valence-electron chi connectivity index (χ1n) is 7.83. The Bertz CT molecular complexity index is 885. The number of nitrogens with zero attached hydrogens (tertiary/aromatic N) is 2. The molecule has 0 fully saturated rings. The van der Waals surface area contributed by atoms with Gasteiger partial charge in [0.1, 0.15) is 5.69 Å². The van der Waals surface area contributed by atoms with Crippen molar-refractivity contribution in [3.63, 3.8) is 0 Å². The first-order chi connectivity index (χ1) is 11.5. The molecule has 1 aromatic heterocycles. The second-order valence-electron chi connectivity index (χ2n) is 5.89. The molecule has 2 aromatic carbocycles. The highest BCUT2D eigenvalue weighted by molar-refractivity contribution is 6.31. The van der Waals surface area contributed by atoms with E-state index in [0.717, 1.165) is 22.0 Å². The minimum Gasteiger partial charge on any atom is -0.343 e. The Kier molecular flexibility index (Phi) is 4.60. The zero-order valence-corrected chi connectivity index (χ0v) is 14.5. The fraction of sp³-hybridized carbons (Fsp3) is 0.211. The first kappa shape index (κ1) is 16.6. The fourth-order valence-electron chi connectivity index (χ4n) is 3.02. The van der Waals surface area contributed by atoms with E-state index in [2.05, 4.69) is 0 Å². The highest BCUT2D eigenvalue weighted by Crippen LogP contribution is 2.36. The average Bonchev–Trinajstić information content (AvgIpc) is 2.88. The Balaban J connectivity index is 2.43. The number of rotatable bonds is 4. The Morgan fingerprint density at radius 3 is 2.50 bits per heavy atom. The Labute approximate surface area is 146 Å². The van der Waals surface area contributed by atoms with Gasteiger partial charge in [-0.2, -0.15) is 0 Å². The van der Waals surface area contributed by atoms with Crippen LogP contribution in [0.3, 0.4) is 0 Å². The number of nitrogens with two attached hydrogens (primary N) is 1. The first-order valence-corrected chi connectivity index (χ1v) is 8.21. The van der Waals surface area contributed by atoms with Crippen molar-refractivity contribution in [1.82, 2.24) is 9.47 Å². The van der Waals surface area contributed by atoms with Crippen LogP contribution in [0.1, 0.15) is 10.5 Å². The van der Waals surface area contributed by atoms with Gasteiger partial charge in [0.25, 0.3) is 5.91 Å². The van der Waals surface area contributed by atoms with E-state index in [9.17, 15) is 4.79 Å². The molecule has 0 saturated heterocycles. The van der Waals surface area contributed by atoms with Gasteiger partial charge in [-0.3, -0.25) is 4.79 Å². The highest BCUT2D eigenvalue weighted by atomic mass is 35.5. The van der Waals surface area contributed by atoms with Gasteiger partial charge in [-0.1, -0.05) is 41.9 Å². The van der Waals surface area contributed by atoms with Crippen LogP contribution >= 0.6 is 11.6 Å². The van der Waals surface area contributed by atoms with Crippen molar-refractivity contribution < 1.29 is 4.79 Å². The van der Waals surface area contributed by atoms with Crippen LogP contribution in [0.15, 0.2) is 48.5 Å². The third-order valence-corrected chi connectivity index (χ3v) is 4.28. The summed E-state index contributed by atoms with van der Waals surface area (Å²) in [4.78, 5) is 14.5. The predicted molar refractivity (Wildman–Crippen MR) is 99.5 cm³/mol. The molecule has 3 rings (SSSR count). The second-order valence-corrected chi connectivity index (χ2v) is 6.33. The lowest BCUT2D eigenvalue weighted by Crippen LogP contribution is -2.26. The molecule has 0 atom stereocenters. The zero-order chi connectivity index (χ0) is 17.3. The van der Waals surface area contributed by atoms with Crippen LogP contribution in [0.5, 0.6) is 0 Å². The number of halogens is 1. The smallest absolute Gasteiger partial charge is 0.270 e. The van der Waals surface area contributed by atoms with E-state index < -0.39 is 0 Å². The largest absolute Gasteiger partial charge is 0.343 e. The summed E-state index contributed by atoms with van der Waals surface area (Å²) >= 11 is 6.23. The van der Waals surface area contributed by atoms with Gasteiger partial charge in [-0.25, -0.2) is 0 Å². The highest BCUT2D eigenvalue weighted by Gasteiger charge is 2.24. The summed E-state index contributed by atoms with van der Waals surface area (Å²) in [5, 5.41) is 1.61. The maximum Gasteiger partial charge on any atom is 0.270 e. The Morgan fingerprint density at radius 1 is 1.17 bits per heavy atom. The van der Waals surface area contributed by atoms with Gasteiger partial charge in [0.2, 0.25) is 0 Å². The molecule has 0 radical (unpaired) electrons. The SMILES string of the molecule is CN(C)C(=O)c1c(-c2ccccc2)c2cc(Cl)ccc2n1CCN. The van der Waals surface area contributed by atoms with Gasteiger partial charge in [0.05, 0.1) is 0 Å². The van der Waals surface area contributed by atoms with E-state index in [1.165, 1.54) is 0 Å². The van der Waals surface area contributed by atoms with E-state index in [1.807, 2.05) is 53.1 Å². The van der Waals surface area contributed by atoms with Gasteiger partial charge in [-0.15, -0.1) is 0 Å². The molecule has 124 valence electrons. The van der Waals surface area contributed by atoms with Gasteiger partial charge in [0.15, 0.2) is 0 Å². The van der Waals surface area contributed by atoms with Crippen LogP contribution in [-0.4, -0.2) is 36.0 Å². The molecule has 0 bridgehead atoms. The molecule has 1 heterocycles. The van der Waals surface area contributed by atoms with Gasteiger partial charge >= 0.3 is 0 Å². The van der Waals surface area contributed by atoms with E-state index in [0.29, 0.717) is 23.8 Å². The van der Waals surface area contributed by atoms with Crippen molar-refractivity contribution in [2.24, 2.45) is 5.73 Å². The van der Waals surface area contributed by atoms with E-state index in [1.54, 1.807) is 19.0 Å². The molecule has 4 nitrogen and oxygen atoms in total. The quantitative estimate of drug-likeness (QED) is 0.788. The molecule has 0 unspecified atom stereocenters. The average molecular weight is 342 g/mol. The molecule has 0 spiro atoms. The molecule has 0 aliphatic carbocycles. The molecular formula is C19H20ClN3O. The van der Waals surface area contributed by atoms with Crippen molar-refractivity contribution in [3.05, 3.63) is 59.2 Å². The van der Waals surface area contributed by atoms with Crippen molar-refractivity contribution >= 4 is 28.4 Å². The normalized spacial score (nSPS) is 11.0. The van der Waals surface area contributed by atoms with Crippen LogP contribution in [-0.2, 0) is 6.54 Å². The standard InChI is InChI=1S/C19H20ClN3O/c1-22(2)19(24)18-17(13-6-4-3-5-7-13)15-12-14(20)8-9-16(15)23(18)11-10-21/h3-9,12H,10-11,21H2,1-2H3. The third-order valence-electron chi connectivity index (χ3n) is 4.05. The van der Waals surface area contributed by atoms with Crippen LogP contribution in [0, 0.1) is 0 Å². The summed E-state index contributed by atoms with van der Waals surface area (Å²) in [5.74, 6) is -0.0466. The molecule has 0 aliphatic heterocycles. The van der Waals surface area contributed by atoms with E-state index >= 15 is 0 Å². The third kappa shape index (κ3) is 2.79. The molecule has 2 N–H and O–H groups in total. The van der Waals surface area contributed by atoms with Crippen LogP contribution in [0.25, 0.3) is 22.0 Å². The van der Waals surface area contributed by atoms with Gasteiger partial charge in [0, 0.05) is 48.7 Å². The molecule has 5 heteroatoms. The predicted octanol–water partition coefficient (Wildman–Crippen LogP) is 3.62. The Hall–Kier alpha value is -2.30. The lowest BCUT2D eigenvalue weighted by Gasteiger charge is -2.15. The topological polar surface area (TPSA) is 51.3 Å². The lowest BCUT2D eigenvalue weighted by atomic mass is 10.0. The van der Waals surface area contributed by atoms with Crippen LogP contribution in [0.4, 0.5) is 0 Å². The van der Waals surface area contributed by atoms with Crippen molar-refractivity contribution in [2.45, 2.75) is 6.54 Å². The fourth-order valence-corrected chi connectivity index (χ4v) is 3.19. The molecular weight excluding hydrogens is 322 g/mol. The number of amides is 1. The number of benzene rings is 2. The minimum absolute atomic E-state index is 0.0466.